The Hall–Kier alpha value is -0.860. The van der Waals surface area contributed by atoms with Gasteiger partial charge in [-0.25, -0.2) is 0 Å². The predicted octanol–water partition coefficient (Wildman–Crippen LogP) is 3.73. The minimum absolute atomic E-state index is 0.183. The monoisotopic (exact) mass is 286 g/mol. The fraction of sp³-hybridized carbons (Fsp3) is 0.684. The first-order chi connectivity index (χ1) is 10.1. The summed E-state index contributed by atoms with van der Waals surface area (Å²) in [4.78, 5) is 2.73. The van der Waals surface area contributed by atoms with E-state index >= 15 is 0 Å². The molecule has 1 unspecified atom stereocenters. The minimum Gasteiger partial charge on any atom is -0.329 e. The van der Waals surface area contributed by atoms with Gasteiger partial charge in [0.25, 0.3) is 0 Å². The van der Waals surface area contributed by atoms with Gasteiger partial charge in [0, 0.05) is 18.6 Å². The molecule has 1 aromatic carbocycles. The molecule has 1 aliphatic heterocycles. The van der Waals surface area contributed by atoms with Crippen LogP contribution in [0.3, 0.4) is 0 Å². The average molecular weight is 286 g/mol. The first kappa shape index (κ1) is 15.1. The van der Waals surface area contributed by atoms with Crippen LogP contribution in [0.4, 0.5) is 0 Å². The lowest BCUT2D eigenvalue weighted by Crippen LogP contribution is -2.63. The fourth-order valence-electron chi connectivity index (χ4n) is 4.72. The van der Waals surface area contributed by atoms with Crippen molar-refractivity contribution in [3.05, 3.63) is 35.4 Å². The third-order valence-corrected chi connectivity index (χ3v) is 6.20. The van der Waals surface area contributed by atoms with Crippen LogP contribution in [-0.2, 0) is 13.0 Å². The molecule has 21 heavy (non-hydrogen) atoms. The molecule has 2 N–H and O–H groups in total. The van der Waals surface area contributed by atoms with E-state index in [0.29, 0.717) is 5.41 Å². The van der Waals surface area contributed by atoms with Gasteiger partial charge in [-0.1, -0.05) is 51.0 Å². The minimum atomic E-state index is 0.183. The number of nitrogens with zero attached hydrogens (tertiary/aromatic N) is 1. The van der Waals surface area contributed by atoms with Crippen molar-refractivity contribution in [3.63, 3.8) is 0 Å². The number of rotatable bonds is 2. The standard InChI is InChI=1S/C19H30N2/c1-18(2)11-5-6-12-19(18,15-20)21-13-7-10-16-8-3-4-9-17(16)14-21/h3-4,8-9H,5-7,10-15,20H2,1-2H3. The molecule has 1 atom stereocenters. The molecule has 1 heterocycles. The Morgan fingerprint density at radius 1 is 1.05 bits per heavy atom. The van der Waals surface area contributed by atoms with Gasteiger partial charge in [-0.15, -0.1) is 0 Å². The topological polar surface area (TPSA) is 29.3 Å². The van der Waals surface area contributed by atoms with Gasteiger partial charge in [-0.3, -0.25) is 4.90 Å². The van der Waals surface area contributed by atoms with Gasteiger partial charge in [0.2, 0.25) is 0 Å². The van der Waals surface area contributed by atoms with Crippen LogP contribution in [0, 0.1) is 5.41 Å². The van der Waals surface area contributed by atoms with Crippen LogP contribution in [-0.4, -0.2) is 23.5 Å². The van der Waals surface area contributed by atoms with E-state index in [4.69, 9.17) is 5.73 Å². The number of aryl methyl sites for hydroxylation is 1. The van der Waals surface area contributed by atoms with Crippen LogP contribution >= 0.6 is 0 Å². The molecule has 116 valence electrons. The largest absolute Gasteiger partial charge is 0.329 e. The molecule has 2 nitrogen and oxygen atoms in total. The van der Waals surface area contributed by atoms with Gasteiger partial charge in [-0.2, -0.15) is 0 Å². The van der Waals surface area contributed by atoms with Crippen molar-refractivity contribution in [2.75, 3.05) is 13.1 Å². The molecule has 2 heteroatoms. The Morgan fingerprint density at radius 3 is 2.48 bits per heavy atom. The second kappa shape index (κ2) is 5.73. The number of nitrogens with two attached hydrogens (primary N) is 1. The van der Waals surface area contributed by atoms with Gasteiger partial charge in [0.15, 0.2) is 0 Å². The molecule has 1 fully saturated rings. The number of hydrogen-bond acceptors (Lipinski definition) is 2. The van der Waals surface area contributed by atoms with Crippen LogP contribution in [0.15, 0.2) is 24.3 Å². The van der Waals surface area contributed by atoms with Crippen molar-refractivity contribution in [2.24, 2.45) is 11.1 Å². The molecule has 0 spiro atoms. The number of fused-ring (bicyclic) bond motifs is 1. The lowest BCUT2D eigenvalue weighted by Gasteiger charge is -2.56. The quantitative estimate of drug-likeness (QED) is 0.897. The third kappa shape index (κ3) is 2.53. The van der Waals surface area contributed by atoms with E-state index in [0.717, 1.165) is 13.1 Å². The van der Waals surface area contributed by atoms with E-state index in [1.165, 1.54) is 50.6 Å². The summed E-state index contributed by atoms with van der Waals surface area (Å²) in [6.45, 7) is 7.94. The van der Waals surface area contributed by atoms with Crippen LogP contribution in [0.25, 0.3) is 0 Å². The highest BCUT2D eigenvalue weighted by molar-refractivity contribution is 5.28. The van der Waals surface area contributed by atoms with E-state index in [1.54, 1.807) is 5.56 Å². The number of hydrogen-bond donors (Lipinski definition) is 1. The molecular formula is C19H30N2. The summed E-state index contributed by atoms with van der Waals surface area (Å²) >= 11 is 0. The van der Waals surface area contributed by atoms with Crippen molar-refractivity contribution in [1.82, 2.24) is 4.90 Å². The zero-order valence-corrected chi connectivity index (χ0v) is 13.7. The Balaban J connectivity index is 1.94. The molecule has 0 bridgehead atoms. The Labute approximate surface area is 129 Å². The maximum absolute atomic E-state index is 6.37. The highest BCUT2D eigenvalue weighted by Gasteiger charge is 2.49. The van der Waals surface area contributed by atoms with Gasteiger partial charge < -0.3 is 5.73 Å². The van der Waals surface area contributed by atoms with Gasteiger partial charge in [-0.05, 0) is 48.8 Å². The van der Waals surface area contributed by atoms with Crippen LogP contribution in [0.2, 0.25) is 0 Å². The molecule has 1 aliphatic carbocycles. The SMILES string of the molecule is CC1(C)CCCCC1(CN)N1CCCc2ccccc2C1. The van der Waals surface area contributed by atoms with Gasteiger partial charge >= 0.3 is 0 Å². The summed E-state index contributed by atoms with van der Waals surface area (Å²) in [6.07, 6.45) is 7.74. The fourth-order valence-corrected chi connectivity index (χ4v) is 4.72. The van der Waals surface area contributed by atoms with Crippen molar-refractivity contribution in [2.45, 2.75) is 64.5 Å². The molecule has 3 rings (SSSR count). The summed E-state index contributed by atoms with van der Waals surface area (Å²) in [7, 11) is 0. The van der Waals surface area contributed by atoms with E-state index in [-0.39, 0.29) is 5.54 Å². The zero-order valence-electron chi connectivity index (χ0n) is 13.7. The average Bonchev–Trinajstić information content (AvgIpc) is 2.69. The number of benzene rings is 1. The van der Waals surface area contributed by atoms with Crippen LogP contribution in [0.5, 0.6) is 0 Å². The van der Waals surface area contributed by atoms with Crippen molar-refractivity contribution < 1.29 is 0 Å². The van der Waals surface area contributed by atoms with Crippen molar-refractivity contribution in [1.29, 1.82) is 0 Å². The normalized spacial score (nSPS) is 29.7. The molecule has 2 aliphatic rings. The Bertz CT molecular complexity index is 494. The summed E-state index contributed by atoms with van der Waals surface area (Å²) in [5.41, 5.74) is 9.94. The summed E-state index contributed by atoms with van der Waals surface area (Å²) < 4.78 is 0. The molecule has 0 saturated heterocycles. The van der Waals surface area contributed by atoms with Gasteiger partial charge in [0.1, 0.15) is 0 Å². The van der Waals surface area contributed by atoms with Crippen molar-refractivity contribution >= 4 is 0 Å². The first-order valence-corrected chi connectivity index (χ1v) is 8.61. The summed E-state index contributed by atoms with van der Waals surface area (Å²) in [6, 6.07) is 8.98. The molecule has 0 amide bonds. The maximum atomic E-state index is 6.37. The predicted molar refractivity (Wildman–Crippen MR) is 89.2 cm³/mol. The van der Waals surface area contributed by atoms with E-state index in [1.807, 2.05) is 0 Å². The van der Waals surface area contributed by atoms with Crippen molar-refractivity contribution in [3.8, 4) is 0 Å². The zero-order chi connectivity index (χ0) is 14.9. The Kier molecular flexibility index (Phi) is 4.11. The van der Waals surface area contributed by atoms with Crippen LogP contribution in [0.1, 0.15) is 57.1 Å². The van der Waals surface area contributed by atoms with E-state index in [2.05, 4.69) is 43.0 Å². The van der Waals surface area contributed by atoms with Gasteiger partial charge in [0.05, 0.1) is 0 Å². The Morgan fingerprint density at radius 2 is 1.76 bits per heavy atom. The lowest BCUT2D eigenvalue weighted by atomic mass is 9.62. The summed E-state index contributed by atoms with van der Waals surface area (Å²) in [5, 5.41) is 0. The highest BCUT2D eigenvalue weighted by atomic mass is 15.2. The third-order valence-electron chi connectivity index (χ3n) is 6.20. The first-order valence-electron chi connectivity index (χ1n) is 8.61. The van der Waals surface area contributed by atoms with E-state index in [9.17, 15) is 0 Å². The van der Waals surface area contributed by atoms with E-state index < -0.39 is 0 Å². The molecule has 1 aromatic rings. The lowest BCUT2D eigenvalue weighted by molar-refractivity contribution is -0.0485. The molecular weight excluding hydrogens is 256 g/mol. The second-order valence-corrected chi connectivity index (χ2v) is 7.62. The smallest absolute Gasteiger partial charge is 0.0386 e. The van der Waals surface area contributed by atoms with Crippen LogP contribution < -0.4 is 5.73 Å². The molecule has 0 radical (unpaired) electrons. The highest BCUT2D eigenvalue weighted by Crippen LogP contribution is 2.48. The maximum Gasteiger partial charge on any atom is 0.0386 e. The molecule has 1 saturated carbocycles. The summed E-state index contributed by atoms with van der Waals surface area (Å²) in [5.74, 6) is 0. The second-order valence-electron chi connectivity index (χ2n) is 7.62. The molecule has 0 aromatic heterocycles.